The number of aliphatic imine (C=N–C) groups is 1. The molecule has 1 N–H and O–H groups in total. The predicted molar refractivity (Wildman–Crippen MR) is 67.1 cm³/mol. The predicted octanol–water partition coefficient (Wildman–Crippen LogP) is 1.82. The van der Waals surface area contributed by atoms with Crippen LogP contribution in [0.15, 0.2) is 29.3 Å². The molecule has 3 nitrogen and oxygen atoms in total. The number of hydrogen-bond donors (Lipinski definition) is 1. The van der Waals surface area contributed by atoms with Gasteiger partial charge >= 0.3 is 0 Å². The Balaban J connectivity index is 2.26. The van der Waals surface area contributed by atoms with Crippen LogP contribution in [0.4, 0.5) is 0 Å². The molecule has 1 aromatic carbocycles. The molecule has 1 aliphatic heterocycles. The monoisotopic (exact) mass is 317 g/mol. The Morgan fingerprint density at radius 1 is 1.47 bits per heavy atom. The zero-order valence-electron chi connectivity index (χ0n) is 8.40. The van der Waals surface area contributed by atoms with Crippen LogP contribution in [0.5, 0.6) is 0 Å². The lowest BCUT2D eigenvalue weighted by Crippen LogP contribution is -2.28. The summed E-state index contributed by atoms with van der Waals surface area (Å²) < 4.78 is 6.65. The molecule has 1 aliphatic rings. The fourth-order valence-corrected chi connectivity index (χ4v) is 1.71. The van der Waals surface area contributed by atoms with E-state index in [1.807, 2.05) is 31.2 Å². The Kier molecular flexibility index (Phi) is 2.97. The average Bonchev–Trinajstić information content (AvgIpc) is 2.63. The SMILES string of the molecule is CC1(CO)COC(c2ccc(I)cc2)=N1. The van der Waals surface area contributed by atoms with Gasteiger partial charge in [0, 0.05) is 9.13 Å². The minimum absolute atomic E-state index is 0.0148. The van der Waals surface area contributed by atoms with Crippen molar-refractivity contribution in [1.29, 1.82) is 0 Å². The van der Waals surface area contributed by atoms with E-state index < -0.39 is 5.54 Å². The van der Waals surface area contributed by atoms with Crippen molar-refractivity contribution in [2.24, 2.45) is 4.99 Å². The molecule has 0 saturated carbocycles. The van der Waals surface area contributed by atoms with Crippen LogP contribution in [-0.2, 0) is 4.74 Å². The van der Waals surface area contributed by atoms with E-state index in [2.05, 4.69) is 27.6 Å². The molecular formula is C11H12INO2. The van der Waals surface area contributed by atoms with E-state index in [0.29, 0.717) is 12.5 Å². The number of aliphatic hydroxyl groups is 1. The van der Waals surface area contributed by atoms with Gasteiger partial charge in [0.25, 0.3) is 0 Å². The molecule has 2 rings (SSSR count). The molecule has 4 heteroatoms. The quantitative estimate of drug-likeness (QED) is 0.846. The molecule has 0 aliphatic carbocycles. The van der Waals surface area contributed by atoms with Crippen molar-refractivity contribution < 1.29 is 9.84 Å². The summed E-state index contributed by atoms with van der Waals surface area (Å²) in [5, 5.41) is 9.15. The van der Waals surface area contributed by atoms with Gasteiger partial charge in [-0.2, -0.15) is 0 Å². The maximum Gasteiger partial charge on any atom is 0.216 e. The van der Waals surface area contributed by atoms with Gasteiger partial charge in [0.15, 0.2) is 0 Å². The smallest absolute Gasteiger partial charge is 0.216 e. The van der Waals surface area contributed by atoms with Crippen LogP contribution in [-0.4, -0.2) is 29.8 Å². The molecule has 0 saturated heterocycles. The van der Waals surface area contributed by atoms with Gasteiger partial charge in [-0.25, -0.2) is 4.99 Å². The maximum absolute atomic E-state index is 9.15. The van der Waals surface area contributed by atoms with E-state index in [1.54, 1.807) is 0 Å². The Labute approximate surface area is 102 Å². The highest BCUT2D eigenvalue weighted by Crippen LogP contribution is 2.21. The Hall–Kier alpha value is -0.620. The molecule has 80 valence electrons. The minimum atomic E-state index is -0.474. The first-order valence-electron chi connectivity index (χ1n) is 4.72. The van der Waals surface area contributed by atoms with Gasteiger partial charge in [0.05, 0.1) is 6.61 Å². The van der Waals surface area contributed by atoms with E-state index in [9.17, 15) is 0 Å². The highest BCUT2D eigenvalue weighted by molar-refractivity contribution is 14.1. The molecule has 0 amide bonds. The van der Waals surface area contributed by atoms with Crippen molar-refractivity contribution in [3.63, 3.8) is 0 Å². The fraction of sp³-hybridized carbons (Fsp3) is 0.364. The number of aliphatic hydroxyl groups excluding tert-OH is 1. The summed E-state index contributed by atoms with van der Waals surface area (Å²) in [7, 11) is 0. The van der Waals surface area contributed by atoms with E-state index in [1.165, 1.54) is 3.57 Å². The van der Waals surface area contributed by atoms with Crippen LogP contribution >= 0.6 is 22.6 Å². The first kappa shape index (κ1) is 10.9. The van der Waals surface area contributed by atoms with Crippen molar-refractivity contribution in [1.82, 2.24) is 0 Å². The molecular weight excluding hydrogens is 305 g/mol. The second kappa shape index (κ2) is 4.09. The third-order valence-electron chi connectivity index (χ3n) is 2.32. The van der Waals surface area contributed by atoms with Crippen LogP contribution in [0, 0.1) is 3.57 Å². The van der Waals surface area contributed by atoms with E-state index in [-0.39, 0.29) is 6.61 Å². The molecule has 1 aromatic rings. The number of rotatable bonds is 2. The second-order valence-corrected chi connectivity index (χ2v) is 5.11. The molecule has 0 bridgehead atoms. The van der Waals surface area contributed by atoms with Gasteiger partial charge < -0.3 is 9.84 Å². The summed E-state index contributed by atoms with van der Waals surface area (Å²) >= 11 is 2.25. The highest BCUT2D eigenvalue weighted by atomic mass is 127. The van der Waals surface area contributed by atoms with Gasteiger partial charge in [-0.05, 0) is 53.8 Å². The lowest BCUT2D eigenvalue weighted by Gasteiger charge is -2.12. The lowest BCUT2D eigenvalue weighted by atomic mass is 10.1. The van der Waals surface area contributed by atoms with Crippen molar-refractivity contribution in [3.8, 4) is 0 Å². The van der Waals surface area contributed by atoms with Crippen LogP contribution in [0.1, 0.15) is 12.5 Å². The van der Waals surface area contributed by atoms with Crippen molar-refractivity contribution in [2.45, 2.75) is 12.5 Å². The Morgan fingerprint density at radius 2 is 2.13 bits per heavy atom. The summed E-state index contributed by atoms with van der Waals surface area (Å²) in [4.78, 5) is 4.38. The zero-order valence-corrected chi connectivity index (χ0v) is 10.6. The van der Waals surface area contributed by atoms with E-state index in [4.69, 9.17) is 9.84 Å². The third kappa shape index (κ3) is 2.31. The van der Waals surface area contributed by atoms with Crippen LogP contribution < -0.4 is 0 Å². The molecule has 0 radical (unpaired) electrons. The summed E-state index contributed by atoms with van der Waals surface area (Å²) in [5.74, 6) is 0.628. The highest BCUT2D eigenvalue weighted by Gasteiger charge is 2.31. The summed E-state index contributed by atoms with van der Waals surface area (Å²) in [5.41, 5.74) is 0.491. The molecule has 15 heavy (non-hydrogen) atoms. The number of ether oxygens (including phenoxy) is 1. The molecule has 0 spiro atoms. The average molecular weight is 317 g/mol. The second-order valence-electron chi connectivity index (χ2n) is 3.87. The first-order valence-corrected chi connectivity index (χ1v) is 5.80. The number of benzene rings is 1. The number of nitrogens with zero attached hydrogens (tertiary/aromatic N) is 1. The van der Waals surface area contributed by atoms with Crippen LogP contribution in [0.2, 0.25) is 0 Å². The van der Waals surface area contributed by atoms with Crippen molar-refractivity contribution in [2.75, 3.05) is 13.2 Å². The molecule has 0 fully saturated rings. The standard InChI is InChI=1S/C11H12INO2/c1-11(6-14)7-15-10(13-11)8-2-4-9(12)5-3-8/h2-5,14H,6-7H2,1H3. The van der Waals surface area contributed by atoms with Crippen LogP contribution in [0.25, 0.3) is 0 Å². The van der Waals surface area contributed by atoms with Gasteiger partial charge in [0.2, 0.25) is 5.90 Å². The first-order chi connectivity index (χ1) is 7.13. The summed E-state index contributed by atoms with van der Waals surface area (Å²) in [6, 6.07) is 7.97. The molecule has 0 aromatic heterocycles. The molecule has 1 unspecified atom stereocenters. The van der Waals surface area contributed by atoms with Crippen molar-refractivity contribution >= 4 is 28.5 Å². The van der Waals surface area contributed by atoms with E-state index >= 15 is 0 Å². The lowest BCUT2D eigenvalue weighted by molar-refractivity contribution is 0.170. The number of hydrogen-bond acceptors (Lipinski definition) is 3. The third-order valence-corrected chi connectivity index (χ3v) is 3.04. The zero-order chi connectivity index (χ0) is 10.9. The summed E-state index contributed by atoms with van der Waals surface area (Å²) in [6.07, 6.45) is 0. The maximum atomic E-state index is 9.15. The molecule has 1 heterocycles. The summed E-state index contributed by atoms with van der Waals surface area (Å²) in [6.45, 7) is 2.35. The molecule has 1 atom stereocenters. The van der Waals surface area contributed by atoms with Crippen molar-refractivity contribution in [3.05, 3.63) is 33.4 Å². The van der Waals surface area contributed by atoms with Gasteiger partial charge in [-0.1, -0.05) is 0 Å². The fourth-order valence-electron chi connectivity index (χ4n) is 1.35. The normalized spacial score (nSPS) is 24.9. The van der Waals surface area contributed by atoms with Crippen LogP contribution in [0.3, 0.4) is 0 Å². The van der Waals surface area contributed by atoms with Gasteiger partial charge in [-0.3, -0.25) is 0 Å². The Bertz CT molecular complexity index is 388. The van der Waals surface area contributed by atoms with E-state index in [0.717, 1.165) is 5.56 Å². The largest absolute Gasteiger partial charge is 0.475 e. The Morgan fingerprint density at radius 3 is 2.67 bits per heavy atom. The minimum Gasteiger partial charge on any atom is -0.475 e. The van der Waals surface area contributed by atoms with Gasteiger partial charge in [0.1, 0.15) is 12.1 Å². The topological polar surface area (TPSA) is 41.8 Å². The van der Waals surface area contributed by atoms with Gasteiger partial charge in [-0.15, -0.1) is 0 Å². The number of halogens is 1.